The highest BCUT2D eigenvalue weighted by Gasteiger charge is 2.34. The van der Waals surface area contributed by atoms with Crippen molar-refractivity contribution in [3.05, 3.63) is 80.8 Å². The Morgan fingerprint density at radius 1 is 1.13 bits per heavy atom. The normalized spacial score (nSPS) is 17.8. The number of nitrogens with one attached hydrogen (secondary N) is 2. The standard InChI is InChI=1S/C34H42F3N7O3/c1-21-15-22(2)40-33(46)29(21)18-38-32(45)28-16-30-27(25-17-39-44(19-25)26-6-13-47-14-7-26)5-8-43(30)31(23(28)3)24(4)42-11-9-41(10-12-42)20-34(35,36)37/h5,8,15-17,19,24,26H,6-7,9-14,18,20H2,1-4H3,(H,38,45)(H,40,46). The lowest BCUT2D eigenvalue weighted by Gasteiger charge is -2.39. The number of piperazine rings is 1. The molecule has 0 spiro atoms. The number of aromatic nitrogens is 4. The summed E-state index contributed by atoms with van der Waals surface area (Å²) in [5.41, 5.74) is 6.64. The second kappa shape index (κ2) is 13.3. The zero-order valence-corrected chi connectivity index (χ0v) is 27.3. The lowest BCUT2D eigenvalue weighted by Crippen LogP contribution is -2.49. The SMILES string of the molecule is Cc1cc(C)c(CNC(=O)c2cc3c(-c4cnn(C5CCOCC5)c4)ccn3c(C(C)N3CCN(CC(F)(F)F)CC3)c2C)c(=O)[nH]1. The van der Waals surface area contributed by atoms with Crippen molar-refractivity contribution in [2.45, 2.75) is 65.3 Å². The van der Waals surface area contributed by atoms with Gasteiger partial charge in [0.1, 0.15) is 0 Å². The van der Waals surface area contributed by atoms with Crippen LogP contribution in [0.15, 0.2) is 41.6 Å². The third kappa shape index (κ3) is 7.02. The second-order valence-corrected chi connectivity index (χ2v) is 12.8. The van der Waals surface area contributed by atoms with Crippen LogP contribution in [-0.4, -0.2) is 87.0 Å². The number of amides is 1. The van der Waals surface area contributed by atoms with Crippen molar-refractivity contribution >= 4 is 11.4 Å². The van der Waals surface area contributed by atoms with Crippen LogP contribution < -0.4 is 10.9 Å². The van der Waals surface area contributed by atoms with Gasteiger partial charge in [-0.15, -0.1) is 0 Å². The molecule has 1 amide bonds. The van der Waals surface area contributed by atoms with Gasteiger partial charge in [-0.05, 0) is 69.9 Å². The Kier molecular flexibility index (Phi) is 9.32. The molecule has 2 saturated heterocycles. The molecule has 4 aromatic heterocycles. The predicted molar refractivity (Wildman–Crippen MR) is 173 cm³/mol. The topological polar surface area (TPSA) is 99.9 Å². The number of alkyl halides is 3. The van der Waals surface area contributed by atoms with Gasteiger partial charge in [0, 0.05) is 98.0 Å². The van der Waals surface area contributed by atoms with E-state index in [-0.39, 0.29) is 30.1 Å². The maximum Gasteiger partial charge on any atom is 0.401 e. The summed E-state index contributed by atoms with van der Waals surface area (Å²) in [5.74, 6) is -0.308. The molecule has 4 aromatic rings. The van der Waals surface area contributed by atoms with Crippen LogP contribution in [0.25, 0.3) is 16.6 Å². The Morgan fingerprint density at radius 2 is 1.85 bits per heavy atom. The number of H-pyrrole nitrogens is 1. The fourth-order valence-electron chi connectivity index (χ4n) is 7.09. The van der Waals surface area contributed by atoms with E-state index in [1.807, 2.05) is 69.2 Å². The molecule has 10 nitrogen and oxygen atoms in total. The Hall–Kier alpha value is -3.94. The first-order valence-electron chi connectivity index (χ1n) is 16.2. The largest absolute Gasteiger partial charge is 0.401 e. The van der Waals surface area contributed by atoms with Gasteiger partial charge in [-0.1, -0.05) is 0 Å². The van der Waals surface area contributed by atoms with E-state index in [9.17, 15) is 22.8 Å². The average molecular weight is 654 g/mol. The van der Waals surface area contributed by atoms with Crippen molar-refractivity contribution in [3.63, 3.8) is 0 Å². The summed E-state index contributed by atoms with van der Waals surface area (Å²) >= 11 is 0. The highest BCUT2D eigenvalue weighted by atomic mass is 19.4. The molecule has 0 aromatic carbocycles. The average Bonchev–Trinajstić information content (AvgIpc) is 3.67. The van der Waals surface area contributed by atoms with Crippen LogP contribution in [0.3, 0.4) is 0 Å². The Morgan fingerprint density at radius 3 is 2.53 bits per heavy atom. The van der Waals surface area contributed by atoms with Crippen molar-refractivity contribution in [1.82, 2.24) is 34.3 Å². The van der Waals surface area contributed by atoms with Gasteiger partial charge in [0.15, 0.2) is 0 Å². The van der Waals surface area contributed by atoms with Crippen LogP contribution in [0.5, 0.6) is 0 Å². The van der Waals surface area contributed by atoms with Gasteiger partial charge in [0.05, 0.1) is 24.3 Å². The first-order chi connectivity index (χ1) is 22.4. The lowest BCUT2D eigenvalue weighted by molar-refractivity contribution is -0.149. The van der Waals surface area contributed by atoms with Gasteiger partial charge in [-0.2, -0.15) is 18.3 Å². The lowest BCUT2D eigenvalue weighted by atomic mass is 9.99. The number of aromatic amines is 1. The molecule has 2 aliphatic heterocycles. The minimum atomic E-state index is -4.24. The minimum Gasteiger partial charge on any atom is -0.381 e. The summed E-state index contributed by atoms with van der Waals surface area (Å²) in [6.45, 7) is 9.72. The van der Waals surface area contributed by atoms with Gasteiger partial charge in [0.2, 0.25) is 0 Å². The molecule has 252 valence electrons. The van der Waals surface area contributed by atoms with Crippen molar-refractivity contribution in [2.75, 3.05) is 45.9 Å². The number of carbonyl (C=O) groups is 1. The van der Waals surface area contributed by atoms with Crippen molar-refractivity contribution < 1.29 is 22.7 Å². The molecule has 0 aliphatic carbocycles. The summed E-state index contributed by atoms with van der Waals surface area (Å²) in [4.78, 5) is 33.0. The van der Waals surface area contributed by atoms with Crippen molar-refractivity contribution in [2.24, 2.45) is 0 Å². The van der Waals surface area contributed by atoms with Crippen LogP contribution in [-0.2, 0) is 11.3 Å². The molecular weight excluding hydrogens is 611 g/mol. The highest BCUT2D eigenvalue weighted by molar-refractivity contribution is 5.98. The molecule has 13 heteroatoms. The molecule has 47 heavy (non-hydrogen) atoms. The van der Waals surface area contributed by atoms with Crippen LogP contribution in [0.4, 0.5) is 13.2 Å². The predicted octanol–water partition coefficient (Wildman–Crippen LogP) is 4.94. The molecule has 0 radical (unpaired) electrons. The van der Waals surface area contributed by atoms with Gasteiger partial charge in [0.25, 0.3) is 11.5 Å². The monoisotopic (exact) mass is 653 g/mol. The fourth-order valence-corrected chi connectivity index (χ4v) is 7.09. The molecule has 2 aliphatic rings. The number of hydrogen-bond donors (Lipinski definition) is 2. The smallest absolute Gasteiger partial charge is 0.381 e. The summed E-state index contributed by atoms with van der Waals surface area (Å²) in [6, 6.07) is 5.85. The van der Waals surface area contributed by atoms with Crippen LogP contribution in [0, 0.1) is 20.8 Å². The van der Waals surface area contributed by atoms with E-state index in [2.05, 4.69) is 24.7 Å². The summed E-state index contributed by atoms with van der Waals surface area (Å²) in [7, 11) is 0. The van der Waals surface area contributed by atoms with Crippen LogP contribution in [0.2, 0.25) is 0 Å². The van der Waals surface area contributed by atoms with E-state index in [1.165, 1.54) is 4.90 Å². The quantitative estimate of drug-likeness (QED) is 0.280. The third-order valence-electron chi connectivity index (χ3n) is 9.65. The summed E-state index contributed by atoms with van der Waals surface area (Å²) in [5, 5.41) is 7.64. The van der Waals surface area contributed by atoms with E-state index >= 15 is 0 Å². The molecule has 1 atom stereocenters. The van der Waals surface area contributed by atoms with Gasteiger partial charge in [-0.3, -0.25) is 24.1 Å². The zero-order valence-electron chi connectivity index (χ0n) is 27.3. The molecule has 2 fully saturated rings. The molecule has 0 bridgehead atoms. The van der Waals surface area contributed by atoms with Gasteiger partial charge >= 0.3 is 6.18 Å². The van der Waals surface area contributed by atoms with E-state index in [4.69, 9.17) is 4.74 Å². The van der Waals surface area contributed by atoms with E-state index in [0.717, 1.165) is 52.0 Å². The molecule has 1 unspecified atom stereocenters. The Balaban J connectivity index is 1.35. The van der Waals surface area contributed by atoms with E-state index in [0.29, 0.717) is 50.5 Å². The summed E-state index contributed by atoms with van der Waals surface area (Å²) in [6.07, 6.45) is 3.43. The molecule has 6 heterocycles. The number of carbonyl (C=O) groups excluding carboxylic acids is 1. The molecule has 6 rings (SSSR count). The van der Waals surface area contributed by atoms with Gasteiger partial charge in [-0.25, -0.2) is 0 Å². The minimum absolute atomic E-state index is 0.0721. The van der Waals surface area contributed by atoms with E-state index in [1.54, 1.807) is 0 Å². The molecule has 2 N–H and O–H groups in total. The first-order valence-corrected chi connectivity index (χ1v) is 16.2. The Labute approximate surface area is 271 Å². The maximum absolute atomic E-state index is 13.9. The first kappa shape index (κ1) is 33.0. The van der Waals surface area contributed by atoms with Gasteiger partial charge < -0.3 is 19.4 Å². The highest BCUT2D eigenvalue weighted by Crippen LogP contribution is 2.35. The number of ether oxygens (including phenoxy) is 1. The van der Waals surface area contributed by atoms with Crippen LogP contribution in [0.1, 0.15) is 70.3 Å². The number of rotatable bonds is 8. The number of nitrogens with zero attached hydrogens (tertiary/aromatic N) is 5. The maximum atomic E-state index is 13.9. The van der Waals surface area contributed by atoms with E-state index < -0.39 is 12.7 Å². The summed E-state index contributed by atoms with van der Waals surface area (Å²) < 4.78 is 48.8. The Bertz CT molecular complexity index is 1810. The molecule has 0 saturated carbocycles. The zero-order chi connectivity index (χ0) is 33.5. The number of fused-ring (bicyclic) bond motifs is 1. The van der Waals surface area contributed by atoms with Crippen LogP contribution >= 0.6 is 0 Å². The molecular formula is C34H42F3N7O3. The number of aryl methyl sites for hydroxylation is 2. The fraction of sp³-hybridized carbons (Fsp3) is 0.500. The second-order valence-electron chi connectivity index (χ2n) is 12.8. The number of hydrogen-bond acceptors (Lipinski definition) is 6. The van der Waals surface area contributed by atoms with Crippen molar-refractivity contribution in [1.29, 1.82) is 0 Å². The number of halogens is 3. The van der Waals surface area contributed by atoms with Crippen molar-refractivity contribution in [3.8, 4) is 11.1 Å². The third-order valence-corrected chi connectivity index (χ3v) is 9.65. The number of pyridine rings is 2.